The molecule has 0 bridgehead atoms. The van der Waals surface area contributed by atoms with Crippen molar-refractivity contribution in [3.05, 3.63) is 12.3 Å². The molecule has 1 amide bonds. The molecular weight excluding hydrogens is 164 g/mol. The fourth-order valence-electron chi connectivity index (χ4n) is 0.955. The lowest BCUT2D eigenvalue weighted by Crippen LogP contribution is -2.10. The number of rotatable bonds is 6. The summed E-state index contributed by atoms with van der Waals surface area (Å²) in [5.41, 5.74) is 5.02. The van der Waals surface area contributed by atoms with Gasteiger partial charge in [-0.15, -0.1) is 0 Å². The Morgan fingerprint density at radius 1 is 1.62 bits per heavy atom. The van der Waals surface area contributed by atoms with E-state index in [2.05, 4.69) is 11.9 Å². The van der Waals surface area contributed by atoms with Crippen molar-refractivity contribution >= 4 is 12.1 Å². The molecule has 0 aromatic heterocycles. The molecule has 0 aromatic rings. The van der Waals surface area contributed by atoms with Crippen molar-refractivity contribution in [1.82, 2.24) is 0 Å². The summed E-state index contributed by atoms with van der Waals surface area (Å²) in [5.74, 6) is 0.188. The fourth-order valence-corrected chi connectivity index (χ4v) is 0.955. The van der Waals surface area contributed by atoms with Crippen molar-refractivity contribution in [3.63, 3.8) is 0 Å². The second-order valence-electron chi connectivity index (χ2n) is 3.12. The molecule has 3 heteroatoms. The molecule has 0 spiro atoms. The van der Waals surface area contributed by atoms with E-state index in [0.29, 0.717) is 12.3 Å². The minimum absolute atomic E-state index is 0.224. The lowest BCUT2D eigenvalue weighted by atomic mass is 10.1. The van der Waals surface area contributed by atoms with Gasteiger partial charge < -0.3 is 5.73 Å². The third-order valence-electron chi connectivity index (χ3n) is 1.66. The van der Waals surface area contributed by atoms with Crippen LogP contribution in [0.4, 0.5) is 0 Å². The standard InChI is InChI=1S/C10H18N2O/c1-3-7-12-8-9(2)5-4-6-10(11)13/h3,7-9H,4-6H2,1-2H3,(H2,11,13)/b7-3-,12-8-. The van der Waals surface area contributed by atoms with Gasteiger partial charge in [0.2, 0.25) is 5.91 Å². The Labute approximate surface area is 79.7 Å². The highest BCUT2D eigenvalue weighted by Crippen LogP contribution is 2.04. The lowest BCUT2D eigenvalue weighted by molar-refractivity contribution is -0.118. The summed E-state index contributed by atoms with van der Waals surface area (Å²) < 4.78 is 0. The van der Waals surface area contributed by atoms with Gasteiger partial charge in [0.15, 0.2) is 0 Å². The van der Waals surface area contributed by atoms with E-state index in [-0.39, 0.29) is 5.91 Å². The van der Waals surface area contributed by atoms with Crippen LogP contribution in [0.15, 0.2) is 17.3 Å². The molecule has 0 radical (unpaired) electrons. The van der Waals surface area contributed by atoms with Crippen molar-refractivity contribution in [1.29, 1.82) is 0 Å². The van der Waals surface area contributed by atoms with Crippen LogP contribution in [-0.4, -0.2) is 12.1 Å². The number of nitrogens with two attached hydrogens (primary N) is 1. The molecule has 74 valence electrons. The van der Waals surface area contributed by atoms with E-state index in [4.69, 9.17) is 5.73 Å². The first-order valence-corrected chi connectivity index (χ1v) is 4.59. The van der Waals surface area contributed by atoms with Gasteiger partial charge in [-0.25, -0.2) is 0 Å². The number of hydrogen-bond donors (Lipinski definition) is 1. The zero-order chi connectivity index (χ0) is 10.1. The van der Waals surface area contributed by atoms with Gasteiger partial charge in [0.05, 0.1) is 0 Å². The minimum atomic E-state index is -0.224. The van der Waals surface area contributed by atoms with Crippen LogP contribution < -0.4 is 5.73 Å². The van der Waals surface area contributed by atoms with Gasteiger partial charge >= 0.3 is 0 Å². The second kappa shape index (κ2) is 7.53. The lowest BCUT2D eigenvalue weighted by Gasteiger charge is -2.02. The van der Waals surface area contributed by atoms with E-state index in [1.54, 1.807) is 6.20 Å². The topological polar surface area (TPSA) is 55.4 Å². The molecule has 0 aliphatic carbocycles. The third-order valence-corrected chi connectivity index (χ3v) is 1.66. The molecule has 0 saturated heterocycles. The number of nitrogens with zero attached hydrogens (tertiary/aromatic N) is 1. The number of primary amides is 1. The van der Waals surface area contributed by atoms with Crippen LogP contribution in [0.2, 0.25) is 0 Å². The van der Waals surface area contributed by atoms with Gasteiger partial charge in [-0.1, -0.05) is 13.0 Å². The molecule has 13 heavy (non-hydrogen) atoms. The van der Waals surface area contributed by atoms with Crippen LogP contribution in [0.3, 0.4) is 0 Å². The number of aliphatic imine (C=N–C) groups is 1. The van der Waals surface area contributed by atoms with Crippen molar-refractivity contribution in [2.24, 2.45) is 16.6 Å². The Morgan fingerprint density at radius 2 is 2.31 bits per heavy atom. The van der Waals surface area contributed by atoms with E-state index in [1.165, 1.54) is 0 Å². The molecule has 0 aliphatic heterocycles. The Balaban J connectivity index is 3.50. The summed E-state index contributed by atoms with van der Waals surface area (Å²) in [6.07, 6.45) is 7.81. The zero-order valence-electron chi connectivity index (χ0n) is 8.36. The number of carbonyl (C=O) groups is 1. The van der Waals surface area contributed by atoms with E-state index >= 15 is 0 Å². The molecule has 0 fully saturated rings. The predicted octanol–water partition coefficient (Wildman–Crippen LogP) is 1.88. The number of hydrogen-bond acceptors (Lipinski definition) is 2. The molecule has 0 rings (SSSR count). The molecule has 0 aromatic carbocycles. The third kappa shape index (κ3) is 8.79. The van der Waals surface area contributed by atoms with Crippen molar-refractivity contribution in [3.8, 4) is 0 Å². The van der Waals surface area contributed by atoms with Crippen LogP contribution >= 0.6 is 0 Å². The molecular formula is C10H18N2O. The molecule has 3 nitrogen and oxygen atoms in total. The molecule has 0 heterocycles. The number of carbonyl (C=O) groups excluding carboxylic acids is 1. The summed E-state index contributed by atoms with van der Waals surface area (Å²) in [4.78, 5) is 14.5. The maximum absolute atomic E-state index is 10.4. The maximum Gasteiger partial charge on any atom is 0.217 e. The minimum Gasteiger partial charge on any atom is -0.370 e. The Bertz CT molecular complexity index is 197. The highest BCUT2D eigenvalue weighted by molar-refractivity contribution is 5.73. The van der Waals surface area contributed by atoms with Crippen LogP contribution in [0.5, 0.6) is 0 Å². The van der Waals surface area contributed by atoms with E-state index in [9.17, 15) is 4.79 Å². The van der Waals surface area contributed by atoms with E-state index < -0.39 is 0 Å². The van der Waals surface area contributed by atoms with Crippen LogP contribution in [0.25, 0.3) is 0 Å². The molecule has 2 N–H and O–H groups in total. The van der Waals surface area contributed by atoms with Gasteiger partial charge in [0, 0.05) is 18.8 Å². The van der Waals surface area contributed by atoms with Crippen LogP contribution in [0, 0.1) is 5.92 Å². The second-order valence-corrected chi connectivity index (χ2v) is 3.12. The first kappa shape index (κ1) is 11.9. The summed E-state index contributed by atoms with van der Waals surface area (Å²) >= 11 is 0. The smallest absolute Gasteiger partial charge is 0.217 e. The first-order chi connectivity index (χ1) is 6.16. The van der Waals surface area contributed by atoms with Gasteiger partial charge in [0.1, 0.15) is 0 Å². The maximum atomic E-state index is 10.4. The zero-order valence-corrected chi connectivity index (χ0v) is 8.36. The van der Waals surface area contributed by atoms with Crippen molar-refractivity contribution < 1.29 is 4.79 Å². The van der Waals surface area contributed by atoms with Gasteiger partial charge in [0.25, 0.3) is 0 Å². The van der Waals surface area contributed by atoms with E-state index in [1.807, 2.05) is 19.2 Å². The van der Waals surface area contributed by atoms with Crippen molar-refractivity contribution in [2.75, 3.05) is 0 Å². The fraction of sp³-hybridized carbons (Fsp3) is 0.600. The average molecular weight is 182 g/mol. The Kier molecular flexibility index (Phi) is 6.88. The molecule has 0 aliphatic rings. The SMILES string of the molecule is C/C=C\N=C/C(C)CCCC(N)=O. The highest BCUT2D eigenvalue weighted by atomic mass is 16.1. The first-order valence-electron chi connectivity index (χ1n) is 4.59. The summed E-state index contributed by atoms with van der Waals surface area (Å²) in [5, 5.41) is 0. The summed E-state index contributed by atoms with van der Waals surface area (Å²) in [7, 11) is 0. The summed E-state index contributed by atoms with van der Waals surface area (Å²) in [6.45, 7) is 4.00. The molecule has 0 saturated carbocycles. The number of amides is 1. The van der Waals surface area contributed by atoms with Gasteiger partial charge in [-0.2, -0.15) is 0 Å². The van der Waals surface area contributed by atoms with Crippen molar-refractivity contribution in [2.45, 2.75) is 33.1 Å². The van der Waals surface area contributed by atoms with Gasteiger partial charge in [-0.3, -0.25) is 9.79 Å². The van der Waals surface area contributed by atoms with Gasteiger partial charge in [-0.05, 0) is 25.7 Å². The van der Waals surface area contributed by atoms with Crippen LogP contribution in [-0.2, 0) is 4.79 Å². The normalized spacial score (nSPS) is 14.0. The highest BCUT2D eigenvalue weighted by Gasteiger charge is 1.99. The average Bonchev–Trinajstić information content (AvgIpc) is 2.04. The van der Waals surface area contributed by atoms with Crippen LogP contribution in [0.1, 0.15) is 33.1 Å². The predicted molar refractivity (Wildman–Crippen MR) is 55.5 cm³/mol. The summed E-state index contributed by atoms with van der Waals surface area (Å²) in [6, 6.07) is 0. The molecule has 1 atom stereocenters. The molecule has 1 unspecified atom stereocenters. The Hall–Kier alpha value is -1.12. The largest absolute Gasteiger partial charge is 0.370 e. The quantitative estimate of drug-likeness (QED) is 0.626. The Morgan fingerprint density at radius 3 is 2.85 bits per heavy atom. The monoisotopic (exact) mass is 182 g/mol. The number of allylic oxidation sites excluding steroid dienone is 1. The van der Waals surface area contributed by atoms with E-state index in [0.717, 1.165) is 12.8 Å².